The summed E-state index contributed by atoms with van der Waals surface area (Å²) in [5.74, 6) is -0.0629. The minimum absolute atomic E-state index is 0.0629. The smallest absolute Gasteiger partial charge is 0.220 e. The maximum Gasteiger partial charge on any atom is 0.220 e. The van der Waals surface area contributed by atoms with Gasteiger partial charge < -0.3 is 15.5 Å². The van der Waals surface area contributed by atoms with Crippen molar-refractivity contribution in [1.29, 1.82) is 0 Å². The number of hydrogen-bond acceptors (Lipinski definition) is 3. The van der Waals surface area contributed by atoms with Gasteiger partial charge >= 0.3 is 0 Å². The summed E-state index contributed by atoms with van der Waals surface area (Å²) in [4.78, 5) is 12.4. The number of amides is 1. The monoisotopic (exact) mass is 760 g/mol. The molecule has 0 aromatic heterocycles. The molecule has 0 aromatic carbocycles. The first-order valence-corrected chi connectivity index (χ1v) is 24.6. The van der Waals surface area contributed by atoms with E-state index in [2.05, 4.69) is 31.3 Å². The Morgan fingerprint density at radius 3 is 1.02 bits per heavy atom. The zero-order chi connectivity index (χ0) is 39.3. The number of nitrogens with one attached hydrogen (secondary N) is 1. The molecule has 1 amide bonds. The summed E-state index contributed by atoms with van der Waals surface area (Å²) in [5.41, 5.74) is 0. The highest BCUT2D eigenvalue weighted by atomic mass is 16.3. The van der Waals surface area contributed by atoms with E-state index in [-0.39, 0.29) is 12.5 Å². The Balaban J connectivity index is 3.51. The van der Waals surface area contributed by atoms with Gasteiger partial charge in [-0.2, -0.15) is 0 Å². The molecule has 0 saturated heterocycles. The van der Waals surface area contributed by atoms with Gasteiger partial charge in [-0.25, -0.2) is 0 Å². The van der Waals surface area contributed by atoms with Crippen molar-refractivity contribution >= 4 is 5.91 Å². The molecule has 4 nitrogen and oxygen atoms in total. The van der Waals surface area contributed by atoms with Crippen molar-refractivity contribution in [2.45, 2.75) is 283 Å². The zero-order valence-electron chi connectivity index (χ0n) is 36.8. The van der Waals surface area contributed by atoms with Gasteiger partial charge in [-0.15, -0.1) is 0 Å². The average molecular weight is 760 g/mol. The van der Waals surface area contributed by atoms with Crippen LogP contribution in [-0.4, -0.2) is 34.9 Å². The lowest BCUT2D eigenvalue weighted by Crippen LogP contribution is -2.45. The SMILES string of the molecule is CCCCCCCCCCCCCC/C=C\CCCCCCCCCCCC(=O)NC(CO)C(O)/C=C/CCCCCCCCCCCCCCCCC. The second kappa shape index (κ2) is 46.3. The van der Waals surface area contributed by atoms with E-state index in [9.17, 15) is 15.0 Å². The fourth-order valence-electron chi connectivity index (χ4n) is 7.65. The van der Waals surface area contributed by atoms with Crippen molar-refractivity contribution in [3.8, 4) is 0 Å². The van der Waals surface area contributed by atoms with Crippen LogP contribution in [-0.2, 0) is 4.79 Å². The summed E-state index contributed by atoms with van der Waals surface area (Å²) >= 11 is 0. The molecule has 4 heteroatoms. The molecular weight excluding hydrogens is 663 g/mol. The molecule has 2 unspecified atom stereocenters. The molecule has 0 saturated carbocycles. The zero-order valence-corrected chi connectivity index (χ0v) is 36.8. The number of hydrogen-bond donors (Lipinski definition) is 3. The van der Waals surface area contributed by atoms with E-state index in [1.54, 1.807) is 6.08 Å². The summed E-state index contributed by atoms with van der Waals surface area (Å²) in [6.07, 6.45) is 60.2. The molecule has 0 aliphatic heterocycles. The number of unbranched alkanes of at least 4 members (excludes halogenated alkanes) is 36. The van der Waals surface area contributed by atoms with E-state index in [1.165, 1.54) is 225 Å². The fourth-order valence-corrected chi connectivity index (χ4v) is 7.65. The van der Waals surface area contributed by atoms with Gasteiger partial charge in [-0.3, -0.25) is 4.79 Å². The van der Waals surface area contributed by atoms with Crippen molar-refractivity contribution in [3.05, 3.63) is 24.3 Å². The first-order valence-electron chi connectivity index (χ1n) is 24.6. The summed E-state index contributed by atoms with van der Waals surface area (Å²) in [7, 11) is 0. The van der Waals surface area contributed by atoms with Gasteiger partial charge in [0, 0.05) is 6.42 Å². The van der Waals surface area contributed by atoms with Crippen LogP contribution in [0.4, 0.5) is 0 Å². The summed E-state index contributed by atoms with van der Waals surface area (Å²) in [6, 6.07) is -0.621. The Bertz CT molecular complexity index is 780. The molecule has 0 rings (SSSR count). The van der Waals surface area contributed by atoms with Crippen LogP contribution in [0.5, 0.6) is 0 Å². The molecule has 0 radical (unpaired) electrons. The first-order chi connectivity index (χ1) is 26.7. The summed E-state index contributed by atoms with van der Waals surface area (Å²) in [5, 5.41) is 23.1. The van der Waals surface area contributed by atoms with Gasteiger partial charge in [0.2, 0.25) is 5.91 Å². The quantitative estimate of drug-likeness (QED) is 0.0428. The van der Waals surface area contributed by atoms with Crippen molar-refractivity contribution < 1.29 is 15.0 Å². The lowest BCUT2D eigenvalue weighted by molar-refractivity contribution is -0.123. The molecule has 54 heavy (non-hydrogen) atoms. The summed E-state index contributed by atoms with van der Waals surface area (Å²) in [6.45, 7) is 4.33. The molecule has 2 atom stereocenters. The van der Waals surface area contributed by atoms with Crippen LogP contribution < -0.4 is 5.32 Å². The van der Waals surface area contributed by atoms with Gasteiger partial charge in [-0.05, 0) is 44.9 Å². The number of allylic oxidation sites excluding steroid dienone is 3. The molecule has 0 heterocycles. The van der Waals surface area contributed by atoms with E-state index < -0.39 is 12.1 Å². The molecule has 3 N–H and O–H groups in total. The van der Waals surface area contributed by atoms with Crippen LogP contribution in [0.15, 0.2) is 24.3 Å². The second-order valence-corrected chi connectivity index (χ2v) is 16.9. The van der Waals surface area contributed by atoms with E-state index in [1.807, 2.05) is 6.08 Å². The Labute approximate surface area is 339 Å². The van der Waals surface area contributed by atoms with E-state index in [4.69, 9.17) is 0 Å². The molecule has 0 bridgehead atoms. The van der Waals surface area contributed by atoms with Crippen LogP contribution in [0.1, 0.15) is 271 Å². The third kappa shape index (κ3) is 42.0. The van der Waals surface area contributed by atoms with E-state index >= 15 is 0 Å². The number of carbonyl (C=O) groups excluding carboxylic acids is 1. The number of aliphatic hydroxyl groups is 2. The third-order valence-corrected chi connectivity index (χ3v) is 11.4. The molecule has 0 aromatic rings. The Morgan fingerprint density at radius 1 is 0.426 bits per heavy atom. The van der Waals surface area contributed by atoms with Gasteiger partial charge in [-0.1, -0.05) is 244 Å². The normalized spacial score (nSPS) is 13.0. The van der Waals surface area contributed by atoms with Gasteiger partial charge in [0.15, 0.2) is 0 Å². The predicted octanol–water partition coefficient (Wildman–Crippen LogP) is 15.6. The van der Waals surface area contributed by atoms with Crippen LogP contribution in [0.3, 0.4) is 0 Å². The highest BCUT2D eigenvalue weighted by molar-refractivity contribution is 5.76. The van der Waals surface area contributed by atoms with Gasteiger partial charge in [0.25, 0.3) is 0 Å². The lowest BCUT2D eigenvalue weighted by Gasteiger charge is -2.20. The number of carbonyl (C=O) groups is 1. The van der Waals surface area contributed by atoms with Crippen molar-refractivity contribution in [2.24, 2.45) is 0 Å². The maximum atomic E-state index is 12.4. The Kier molecular flexibility index (Phi) is 45.3. The van der Waals surface area contributed by atoms with Crippen LogP contribution >= 0.6 is 0 Å². The minimum atomic E-state index is -0.838. The molecule has 0 spiro atoms. The third-order valence-electron chi connectivity index (χ3n) is 11.4. The average Bonchev–Trinajstić information content (AvgIpc) is 3.18. The molecule has 320 valence electrons. The van der Waals surface area contributed by atoms with Gasteiger partial charge in [0.1, 0.15) is 0 Å². The van der Waals surface area contributed by atoms with Crippen LogP contribution in [0, 0.1) is 0 Å². The minimum Gasteiger partial charge on any atom is -0.394 e. The second-order valence-electron chi connectivity index (χ2n) is 16.9. The number of rotatable bonds is 45. The maximum absolute atomic E-state index is 12.4. The molecular formula is C50H97NO3. The van der Waals surface area contributed by atoms with Crippen molar-refractivity contribution in [1.82, 2.24) is 5.32 Å². The predicted molar refractivity (Wildman–Crippen MR) is 239 cm³/mol. The van der Waals surface area contributed by atoms with Crippen LogP contribution in [0.2, 0.25) is 0 Å². The molecule has 0 fully saturated rings. The molecule has 0 aliphatic carbocycles. The van der Waals surface area contributed by atoms with E-state index in [0.717, 1.165) is 25.7 Å². The first kappa shape index (κ1) is 52.9. The Hall–Kier alpha value is -1.13. The van der Waals surface area contributed by atoms with E-state index in [0.29, 0.717) is 6.42 Å². The highest BCUT2D eigenvalue weighted by Gasteiger charge is 2.18. The molecule has 0 aliphatic rings. The number of aliphatic hydroxyl groups excluding tert-OH is 2. The van der Waals surface area contributed by atoms with Crippen LogP contribution in [0.25, 0.3) is 0 Å². The van der Waals surface area contributed by atoms with Gasteiger partial charge in [0.05, 0.1) is 18.8 Å². The lowest BCUT2D eigenvalue weighted by atomic mass is 10.0. The largest absolute Gasteiger partial charge is 0.394 e. The topological polar surface area (TPSA) is 69.6 Å². The highest BCUT2D eigenvalue weighted by Crippen LogP contribution is 2.16. The fraction of sp³-hybridized carbons (Fsp3) is 0.900. The summed E-state index contributed by atoms with van der Waals surface area (Å²) < 4.78 is 0. The standard InChI is InChI=1S/C50H97NO3/c1-3-5-7-9-11-13-15-17-19-21-22-23-24-25-26-27-28-30-32-34-36-38-40-42-44-46-50(54)51-48(47-52)49(53)45-43-41-39-37-35-33-31-29-20-18-16-14-12-10-8-6-4-2/h25-26,43,45,48-49,52-53H,3-24,27-42,44,46-47H2,1-2H3,(H,51,54)/b26-25-,45-43+. The Morgan fingerprint density at radius 2 is 0.704 bits per heavy atom. The van der Waals surface area contributed by atoms with Crippen molar-refractivity contribution in [3.63, 3.8) is 0 Å². The van der Waals surface area contributed by atoms with Crippen molar-refractivity contribution in [2.75, 3.05) is 6.61 Å².